The third-order valence-corrected chi connectivity index (χ3v) is 13.7. The molecule has 0 saturated carbocycles. The van der Waals surface area contributed by atoms with E-state index >= 15 is 4.79 Å². The molecular formula is C40H40BrN5O6Si. The second kappa shape index (κ2) is 13.6. The minimum absolute atomic E-state index is 0.0114. The molecular weight excluding hydrogens is 754 g/mol. The maximum Gasteiger partial charge on any atom is 0.266 e. The number of benzene rings is 4. The molecule has 3 aliphatic rings. The molecule has 0 aliphatic carbocycles. The highest BCUT2D eigenvalue weighted by atomic mass is 79.9. The van der Waals surface area contributed by atoms with Crippen molar-refractivity contribution in [2.45, 2.75) is 63.2 Å². The Morgan fingerprint density at radius 2 is 1.72 bits per heavy atom. The number of halogens is 1. The maximum atomic E-state index is 15.1. The van der Waals surface area contributed by atoms with E-state index in [4.69, 9.17) is 9.47 Å². The maximum absolute atomic E-state index is 15.1. The number of aromatic nitrogens is 3. The first kappa shape index (κ1) is 35.4. The van der Waals surface area contributed by atoms with Gasteiger partial charge in [-0.2, -0.15) is 0 Å². The number of hydrogen-bond donors (Lipinski definition) is 2. The van der Waals surface area contributed by atoms with Crippen LogP contribution in [0, 0.1) is 5.92 Å². The molecule has 53 heavy (non-hydrogen) atoms. The Labute approximate surface area is 317 Å². The number of anilines is 3. The minimum Gasteiger partial charge on any atom is -0.454 e. The zero-order valence-electron chi connectivity index (χ0n) is 29.6. The van der Waals surface area contributed by atoms with Crippen LogP contribution in [0.5, 0.6) is 11.5 Å². The summed E-state index contributed by atoms with van der Waals surface area (Å²) in [6.07, 6.45) is 2.34. The summed E-state index contributed by atoms with van der Waals surface area (Å²) in [6.45, 7) is 6.56. The van der Waals surface area contributed by atoms with Crippen molar-refractivity contribution < 1.29 is 29.0 Å². The van der Waals surface area contributed by atoms with Crippen LogP contribution in [0.25, 0.3) is 0 Å². The highest BCUT2D eigenvalue weighted by Crippen LogP contribution is 2.60. The summed E-state index contributed by atoms with van der Waals surface area (Å²) in [5, 5.41) is 17.7. The lowest BCUT2D eigenvalue weighted by molar-refractivity contribution is -0.146. The van der Waals surface area contributed by atoms with E-state index in [1.54, 1.807) is 26.6 Å². The molecule has 272 valence electrons. The van der Waals surface area contributed by atoms with Crippen molar-refractivity contribution in [2.75, 3.05) is 16.4 Å². The lowest BCUT2D eigenvalue weighted by Crippen LogP contribution is -2.46. The third kappa shape index (κ3) is 6.10. The van der Waals surface area contributed by atoms with Crippen molar-refractivity contribution in [3.8, 4) is 11.5 Å². The van der Waals surface area contributed by atoms with Gasteiger partial charge in [-0.1, -0.05) is 64.5 Å². The molecule has 4 heterocycles. The van der Waals surface area contributed by atoms with Crippen LogP contribution >= 0.6 is 15.9 Å². The van der Waals surface area contributed by atoms with E-state index in [1.165, 1.54) is 0 Å². The molecule has 1 aromatic heterocycles. The Bertz CT molecular complexity index is 2220. The van der Waals surface area contributed by atoms with Gasteiger partial charge in [0.15, 0.2) is 19.7 Å². The van der Waals surface area contributed by atoms with E-state index in [0.717, 1.165) is 21.3 Å². The topological polar surface area (TPSA) is 130 Å². The highest BCUT2D eigenvalue weighted by Gasteiger charge is 2.66. The number of carbonyl (C=O) groups excluding carboxylic acids is 2. The molecule has 2 amide bonds. The predicted molar refractivity (Wildman–Crippen MR) is 206 cm³/mol. The zero-order valence-corrected chi connectivity index (χ0v) is 32.2. The summed E-state index contributed by atoms with van der Waals surface area (Å²) in [4.78, 5) is 44.4. The van der Waals surface area contributed by atoms with E-state index in [-0.39, 0.29) is 36.4 Å². The smallest absolute Gasteiger partial charge is 0.266 e. The Hall–Kier alpha value is -4.66. The van der Waals surface area contributed by atoms with Crippen molar-refractivity contribution in [3.05, 3.63) is 124 Å². The average molecular weight is 795 g/mol. The Kier molecular flexibility index (Phi) is 9.10. The van der Waals surface area contributed by atoms with Gasteiger partial charge in [-0.25, -0.2) is 0 Å². The van der Waals surface area contributed by atoms with Crippen molar-refractivity contribution in [1.29, 1.82) is 0 Å². The number of para-hydroxylation sites is 3. The fraction of sp³-hybridized carbons (Fsp3) is 0.300. The first-order valence-corrected chi connectivity index (χ1v) is 21.6. The van der Waals surface area contributed by atoms with E-state index in [2.05, 4.69) is 26.2 Å². The number of nitrogens with zero attached hydrogens (tertiary/aromatic N) is 5. The van der Waals surface area contributed by atoms with Crippen molar-refractivity contribution in [3.63, 3.8) is 0 Å². The van der Waals surface area contributed by atoms with Crippen LogP contribution < -0.4 is 14.5 Å². The molecule has 4 atom stereocenters. The van der Waals surface area contributed by atoms with Gasteiger partial charge in [0.2, 0.25) is 0 Å². The number of amides is 2. The number of carbonyl (C=O) groups is 2. The number of hydrogen-bond acceptors (Lipinski definition) is 8. The second-order valence-electron chi connectivity index (χ2n) is 14.5. The van der Waals surface area contributed by atoms with Crippen LogP contribution in [-0.2, 0) is 34.6 Å². The van der Waals surface area contributed by atoms with Crippen LogP contribution in [-0.4, -0.2) is 57.7 Å². The number of fused-ring (bicyclic) bond motifs is 4. The summed E-state index contributed by atoms with van der Waals surface area (Å²) in [6, 6.07) is 28.2. The van der Waals surface area contributed by atoms with E-state index in [0.29, 0.717) is 53.5 Å². The van der Waals surface area contributed by atoms with Gasteiger partial charge in [0.1, 0.15) is 5.75 Å². The first-order valence-electron chi connectivity index (χ1n) is 17.8. The normalized spacial score (nSPS) is 22.1. The molecule has 5 aromatic rings. The summed E-state index contributed by atoms with van der Waals surface area (Å²) in [7, 11) is -2.88. The first-order chi connectivity index (χ1) is 25.5. The monoisotopic (exact) mass is 793 g/mol. The second-order valence-corrected chi connectivity index (χ2v) is 19.4. The van der Waals surface area contributed by atoms with E-state index in [9.17, 15) is 14.7 Å². The van der Waals surface area contributed by atoms with Gasteiger partial charge in [-0.3, -0.25) is 19.2 Å². The van der Waals surface area contributed by atoms with Crippen molar-refractivity contribution >= 4 is 53.1 Å². The summed E-state index contributed by atoms with van der Waals surface area (Å²) < 4.78 is 15.8. The minimum atomic E-state index is -2.88. The van der Waals surface area contributed by atoms with Crippen molar-refractivity contribution in [1.82, 2.24) is 15.0 Å². The van der Waals surface area contributed by atoms with Gasteiger partial charge >= 0.3 is 0 Å². The fourth-order valence-corrected chi connectivity index (χ4v) is 11.4. The largest absolute Gasteiger partial charge is 0.454 e. The van der Waals surface area contributed by atoms with Crippen molar-refractivity contribution in [2.24, 2.45) is 5.92 Å². The fourth-order valence-electron chi connectivity index (χ4n) is 8.45. The molecule has 0 unspecified atom stereocenters. The number of aliphatic hydroxyl groups excluding tert-OH is 1. The van der Waals surface area contributed by atoms with Crippen LogP contribution in [0.1, 0.15) is 40.5 Å². The lowest BCUT2D eigenvalue weighted by Gasteiger charge is -2.32. The van der Waals surface area contributed by atoms with Crippen LogP contribution in [0.3, 0.4) is 0 Å². The number of aliphatic hydroxyl groups is 1. The molecule has 1 spiro atoms. The molecule has 11 nitrogen and oxygen atoms in total. The number of ether oxygens (including phenoxy) is 2. The highest BCUT2D eigenvalue weighted by molar-refractivity contribution is 9.10. The van der Waals surface area contributed by atoms with E-state index < -0.39 is 20.0 Å². The Morgan fingerprint density at radius 3 is 2.51 bits per heavy atom. The summed E-state index contributed by atoms with van der Waals surface area (Å²) in [5.41, 5.74) is 3.19. The predicted octanol–water partition coefficient (Wildman–Crippen LogP) is 7.09. The molecule has 0 radical (unpaired) electrons. The SMILES string of the molecule is C[C@@H]1[C@@H]([Si](C)(C)O)[C@H](CCn2cc(CCO)nn2)O[C@@]12C(=O)N(Cc1cccc(N3C(=O)c4ccccc4Oc4ccccc43)c1)c1ccc(Br)cc12. The standard InChI is InChI=1S/C40H40BrN5O6Si/c1-25-37(53(2,3)50)36(17-19-44-24-28(18-20-47)42-43-44)52-40(25)31-22-27(41)15-16-32(31)45(39(40)49)23-26-9-8-10-29(21-26)46-33-12-5-7-14-35(33)51-34-13-6-4-11-30(34)38(46)48/h4-16,21-22,24-25,36-37,47,50H,17-20,23H2,1-3H3/t25-,36+,37-,40+/m1/s1. The third-order valence-electron chi connectivity index (χ3n) is 10.7. The number of rotatable bonds is 9. The van der Waals surface area contributed by atoms with E-state index in [1.807, 2.05) is 105 Å². The van der Waals surface area contributed by atoms with Gasteiger partial charge < -0.3 is 24.3 Å². The Balaban J connectivity index is 1.14. The van der Waals surface area contributed by atoms with Gasteiger partial charge in [-0.15, -0.1) is 5.10 Å². The molecule has 8 rings (SSSR count). The number of aryl methyl sites for hydroxylation is 1. The van der Waals surface area contributed by atoms with Gasteiger partial charge in [-0.05, 0) is 79.7 Å². The van der Waals surface area contributed by atoms with Crippen LogP contribution in [0.15, 0.2) is 102 Å². The lowest BCUT2D eigenvalue weighted by atomic mass is 9.82. The molecule has 13 heteroatoms. The van der Waals surface area contributed by atoms with Gasteiger partial charge in [0, 0.05) is 53.0 Å². The Morgan fingerprint density at radius 1 is 0.943 bits per heavy atom. The van der Waals surface area contributed by atoms with Crippen LogP contribution in [0.4, 0.5) is 17.1 Å². The van der Waals surface area contributed by atoms with Gasteiger partial charge in [0.05, 0.1) is 35.3 Å². The molecule has 1 saturated heterocycles. The average Bonchev–Trinajstić information content (AvgIpc) is 3.75. The molecule has 4 aromatic carbocycles. The zero-order chi connectivity index (χ0) is 37.1. The molecule has 0 bridgehead atoms. The molecule has 3 aliphatic heterocycles. The van der Waals surface area contributed by atoms with Gasteiger partial charge in [0.25, 0.3) is 11.8 Å². The molecule has 2 N–H and O–H groups in total. The molecule has 1 fully saturated rings. The quantitative estimate of drug-likeness (QED) is 0.151. The van der Waals surface area contributed by atoms with Crippen LogP contribution in [0.2, 0.25) is 18.6 Å². The summed E-state index contributed by atoms with van der Waals surface area (Å²) in [5.74, 6) is 0.324. The summed E-state index contributed by atoms with van der Waals surface area (Å²) >= 11 is 3.65.